The fourth-order valence-corrected chi connectivity index (χ4v) is 3.10. The van der Waals surface area contributed by atoms with Crippen LogP contribution in [0.2, 0.25) is 0 Å². The van der Waals surface area contributed by atoms with Crippen molar-refractivity contribution in [3.63, 3.8) is 0 Å². The van der Waals surface area contributed by atoms with Gasteiger partial charge >= 0.3 is 12.0 Å². The maximum atomic E-state index is 12.2. The third-order valence-corrected chi connectivity index (χ3v) is 4.47. The molecule has 0 spiro atoms. The molecule has 8 heteroatoms. The molecule has 0 radical (unpaired) electrons. The number of aromatic carboxylic acids is 1. The molecule has 0 aliphatic carbocycles. The van der Waals surface area contributed by atoms with Crippen LogP contribution in [0.3, 0.4) is 0 Å². The number of carbonyl (C=O) groups is 3. The van der Waals surface area contributed by atoms with Gasteiger partial charge in [0.15, 0.2) is 0 Å². The Morgan fingerprint density at radius 2 is 1.56 bits per heavy atom. The van der Waals surface area contributed by atoms with Crippen LogP contribution < -0.4 is 16.0 Å². The summed E-state index contributed by atoms with van der Waals surface area (Å²) in [4.78, 5) is 34.9. The zero-order chi connectivity index (χ0) is 28.5. The number of hydrogen-bond donors (Lipinski definition) is 5. The number of hydrogen-bond acceptors (Lipinski definition) is 4. The number of carboxylic acids is 1. The summed E-state index contributed by atoms with van der Waals surface area (Å²) in [5.41, 5.74) is -0.112. The highest BCUT2D eigenvalue weighted by atomic mass is 16.4. The van der Waals surface area contributed by atoms with Crippen molar-refractivity contribution in [1.29, 1.82) is 0 Å². The predicted octanol–water partition coefficient (Wildman–Crippen LogP) is 6.43. The van der Waals surface area contributed by atoms with Crippen LogP contribution >= 0.6 is 0 Å². The number of anilines is 1. The predicted molar refractivity (Wildman–Crippen MR) is 149 cm³/mol. The van der Waals surface area contributed by atoms with Crippen LogP contribution in [0.25, 0.3) is 0 Å². The fraction of sp³-hybridized carbons (Fsp3) is 0.607. The minimum absolute atomic E-state index is 0.0713. The first-order valence-corrected chi connectivity index (χ1v) is 12.5. The number of amides is 3. The van der Waals surface area contributed by atoms with Crippen molar-refractivity contribution in [3.05, 3.63) is 36.4 Å². The van der Waals surface area contributed by atoms with E-state index in [2.05, 4.69) is 71.0 Å². The topological polar surface area (TPSA) is 128 Å². The van der Waals surface area contributed by atoms with Gasteiger partial charge in [0.2, 0.25) is 5.91 Å². The number of nitrogens with one attached hydrogen (secondary N) is 3. The monoisotopic (exact) mass is 507 g/mol. The quantitative estimate of drug-likeness (QED) is 0.150. The number of allylic oxidation sites excluding steroid dienone is 1. The number of phenols is 1. The Morgan fingerprint density at radius 1 is 1.03 bits per heavy atom. The largest absolute Gasteiger partial charge is 0.507 e. The van der Waals surface area contributed by atoms with Gasteiger partial charge in [-0.1, -0.05) is 74.8 Å². The Hall–Kier alpha value is -3.03. The average molecular weight is 508 g/mol. The van der Waals surface area contributed by atoms with Gasteiger partial charge in [0.05, 0.1) is 0 Å². The maximum Gasteiger partial charge on any atom is 0.339 e. The van der Waals surface area contributed by atoms with Gasteiger partial charge in [0.1, 0.15) is 11.3 Å². The van der Waals surface area contributed by atoms with Crippen molar-refractivity contribution in [1.82, 2.24) is 10.6 Å². The van der Waals surface area contributed by atoms with Gasteiger partial charge in [-0.2, -0.15) is 0 Å². The molecule has 1 aromatic rings. The van der Waals surface area contributed by atoms with Crippen molar-refractivity contribution in [2.75, 3.05) is 18.4 Å². The van der Waals surface area contributed by atoms with E-state index >= 15 is 0 Å². The number of carbonyl (C=O) groups excluding carboxylic acids is 2. The molecule has 0 fully saturated rings. The number of aromatic hydroxyl groups is 1. The van der Waals surface area contributed by atoms with Gasteiger partial charge < -0.3 is 26.2 Å². The number of carboxylic acid groups (broad SMARTS) is 1. The number of rotatable bonds is 9. The molecule has 206 valence electrons. The third kappa shape index (κ3) is 17.4. The van der Waals surface area contributed by atoms with Crippen LogP contribution in [0.15, 0.2) is 30.9 Å². The second-order valence-electron chi connectivity index (χ2n) is 10.9. The first-order chi connectivity index (χ1) is 16.5. The molecule has 0 aliphatic rings. The Balaban J connectivity index is 0. The van der Waals surface area contributed by atoms with E-state index in [0.717, 1.165) is 18.9 Å². The van der Waals surface area contributed by atoms with E-state index in [9.17, 15) is 19.5 Å². The second kappa shape index (κ2) is 17.4. The zero-order valence-corrected chi connectivity index (χ0v) is 23.7. The minimum atomic E-state index is -1.29. The van der Waals surface area contributed by atoms with Crippen LogP contribution in [0, 0.1) is 16.7 Å². The van der Waals surface area contributed by atoms with Gasteiger partial charge in [-0.25, -0.2) is 9.59 Å². The lowest BCUT2D eigenvalue weighted by atomic mass is 9.83. The highest BCUT2D eigenvalue weighted by Crippen LogP contribution is 2.25. The molecule has 0 saturated carbocycles. The van der Waals surface area contributed by atoms with E-state index in [1.165, 1.54) is 18.6 Å². The maximum absolute atomic E-state index is 12.2. The molecule has 8 nitrogen and oxygen atoms in total. The summed E-state index contributed by atoms with van der Waals surface area (Å²) in [6.07, 6.45) is 5.08. The van der Waals surface area contributed by atoms with Crippen molar-refractivity contribution in [3.8, 4) is 5.75 Å². The van der Waals surface area contributed by atoms with Gasteiger partial charge in [0.25, 0.3) is 0 Å². The van der Waals surface area contributed by atoms with Gasteiger partial charge in [0, 0.05) is 24.2 Å². The molecule has 0 aliphatic heterocycles. The molecule has 0 bridgehead atoms. The normalized spacial score (nSPS) is 10.7. The van der Waals surface area contributed by atoms with E-state index in [1.807, 2.05) is 19.9 Å². The first kappa shape index (κ1) is 35.1. The van der Waals surface area contributed by atoms with Crippen LogP contribution in [0.4, 0.5) is 10.5 Å². The Kier molecular flexibility index (Phi) is 17.0. The van der Waals surface area contributed by atoms with E-state index in [4.69, 9.17) is 5.11 Å². The molecule has 1 rings (SSSR count). The molecule has 0 saturated heterocycles. The number of urea groups is 1. The summed E-state index contributed by atoms with van der Waals surface area (Å²) < 4.78 is 0. The Morgan fingerprint density at radius 3 is 1.97 bits per heavy atom. The zero-order valence-electron chi connectivity index (χ0n) is 23.7. The lowest BCUT2D eigenvalue weighted by Gasteiger charge is -2.25. The van der Waals surface area contributed by atoms with Crippen molar-refractivity contribution < 1.29 is 24.6 Å². The Bertz CT molecular complexity index is 827. The summed E-state index contributed by atoms with van der Waals surface area (Å²) in [5, 5.41) is 26.2. The molecular formula is C28H49N3O5. The lowest BCUT2D eigenvalue weighted by Crippen LogP contribution is -2.42. The number of benzene rings is 1. The van der Waals surface area contributed by atoms with Gasteiger partial charge in [-0.15, -0.1) is 6.58 Å². The van der Waals surface area contributed by atoms with E-state index < -0.39 is 17.4 Å². The fourth-order valence-electron chi connectivity index (χ4n) is 3.10. The summed E-state index contributed by atoms with van der Waals surface area (Å²) in [6, 6.07) is 3.20. The van der Waals surface area contributed by atoms with E-state index in [1.54, 1.807) is 0 Å². The smallest absolute Gasteiger partial charge is 0.339 e. The molecule has 0 unspecified atom stereocenters. The molecule has 5 N–H and O–H groups in total. The van der Waals surface area contributed by atoms with Crippen molar-refractivity contribution >= 4 is 23.6 Å². The summed E-state index contributed by atoms with van der Waals surface area (Å²) in [5.74, 6) is -1.34. The molecule has 0 aromatic heterocycles. The highest BCUT2D eigenvalue weighted by Gasteiger charge is 2.27. The van der Waals surface area contributed by atoms with E-state index in [0.29, 0.717) is 11.3 Å². The minimum Gasteiger partial charge on any atom is -0.507 e. The van der Waals surface area contributed by atoms with Crippen LogP contribution in [0.1, 0.15) is 91.9 Å². The van der Waals surface area contributed by atoms with Crippen molar-refractivity contribution in [2.24, 2.45) is 16.7 Å². The van der Waals surface area contributed by atoms with Crippen LogP contribution in [-0.4, -0.2) is 41.2 Å². The molecule has 0 atom stereocenters. The van der Waals surface area contributed by atoms with Crippen LogP contribution in [-0.2, 0) is 4.79 Å². The molecule has 1 aromatic carbocycles. The lowest BCUT2D eigenvalue weighted by molar-refractivity contribution is -0.130. The van der Waals surface area contributed by atoms with Gasteiger partial charge in [-0.3, -0.25) is 4.79 Å². The molecule has 0 heterocycles. The molecule has 36 heavy (non-hydrogen) atoms. The summed E-state index contributed by atoms with van der Waals surface area (Å²) in [7, 11) is 0. The average Bonchev–Trinajstić information content (AvgIpc) is 2.71. The standard InChI is InChI=1S/C18H27N3O5.C7H14.C3H8/c1-11(2)10-18(3,4)16(25)19-7-8-20-17(26)21-12-5-6-14(22)13(9-12)15(23)24;1-5-6-7(2,3)4;1-3-2/h5-6,9,11,22H,7-8,10H2,1-4H3,(H,19,25)(H,23,24)(H2,20,21,26);5H,1,6H2,2-4H3;3H2,1-2H3. The van der Waals surface area contributed by atoms with Crippen molar-refractivity contribution in [2.45, 2.75) is 81.6 Å². The molecule has 3 amide bonds. The summed E-state index contributed by atoms with van der Waals surface area (Å²) in [6.45, 7) is 22.9. The first-order valence-electron chi connectivity index (χ1n) is 12.5. The van der Waals surface area contributed by atoms with Gasteiger partial charge in [-0.05, 0) is 42.4 Å². The molecular weight excluding hydrogens is 458 g/mol. The second-order valence-corrected chi connectivity index (χ2v) is 10.9. The summed E-state index contributed by atoms with van der Waals surface area (Å²) >= 11 is 0. The highest BCUT2D eigenvalue weighted by molar-refractivity contribution is 5.95. The SMILES string of the molecule is C=CCC(C)(C)C.CC(C)CC(C)(C)C(=O)NCCNC(=O)Nc1ccc(O)c(C(=O)O)c1.CCC. The van der Waals surface area contributed by atoms with E-state index in [-0.39, 0.29) is 36.0 Å². The third-order valence-electron chi connectivity index (χ3n) is 4.47. The van der Waals surface area contributed by atoms with Crippen LogP contribution in [0.5, 0.6) is 5.75 Å². The Labute approximate surface area is 218 Å².